The summed E-state index contributed by atoms with van der Waals surface area (Å²) in [7, 11) is 1.50. The lowest BCUT2D eigenvalue weighted by atomic mass is 9.98. The average molecular weight is 783 g/mol. The summed E-state index contributed by atoms with van der Waals surface area (Å²) < 4.78 is 13.3. The topological polar surface area (TPSA) is 205 Å². The smallest absolute Gasteiger partial charge is 0.250 e. The van der Waals surface area contributed by atoms with Crippen molar-refractivity contribution in [3.63, 3.8) is 0 Å². The largest absolute Gasteiger partial charge is 0.394 e. The Morgan fingerprint density at radius 1 is 0.895 bits per heavy atom. The van der Waals surface area contributed by atoms with Crippen molar-refractivity contribution in [1.82, 2.24) is 15.5 Å². The minimum absolute atomic E-state index is 0.0667. The van der Waals surface area contributed by atoms with Gasteiger partial charge in [0.2, 0.25) is 23.6 Å². The summed E-state index contributed by atoms with van der Waals surface area (Å²) in [6, 6.07) is 21.2. The van der Waals surface area contributed by atoms with Crippen molar-refractivity contribution >= 4 is 52.2 Å². The zero-order valence-electron chi connectivity index (χ0n) is 32.2. The molecule has 0 aliphatic carbocycles. The number of nitrogens with zero attached hydrogens (tertiary/aromatic N) is 2. The highest BCUT2D eigenvalue weighted by molar-refractivity contribution is 6.03. The number of anilines is 1. The average Bonchev–Trinajstić information content (AvgIpc) is 3.23. The second-order valence-electron chi connectivity index (χ2n) is 13.9. The molecule has 302 valence electrons. The van der Waals surface area contributed by atoms with Gasteiger partial charge in [0, 0.05) is 31.3 Å². The number of ketones is 1. The summed E-state index contributed by atoms with van der Waals surface area (Å²) >= 11 is 0. The van der Waals surface area contributed by atoms with E-state index in [9.17, 15) is 38.3 Å². The number of hydrogen-bond donors (Lipinski definition) is 5. The van der Waals surface area contributed by atoms with E-state index in [-0.39, 0.29) is 49.9 Å². The van der Waals surface area contributed by atoms with Crippen LogP contribution in [0.25, 0.3) is 10.8 Å². The number of rotatable bonds is 21. The van der Waals surface area contributed by atoms with E-state index in [0.717, 1.165) is 21.9 Å². The molecule has 4 aromatic carbocycles. The number of nitrogens with two attached hydrogens (primary N) is 2. The molecule has 0 unspecified atom stereocenters. The van der Waals surface area contributed by atoms with Gasteiger partial charge in [-0.15, -0.1) is 0 Å². The second-order valence-corrected chi connectivity index (χ2v) is 13.9. The van der Waals surface area contributed by atoms with E-state index in [1.54, 1.807) is 19.1 Å². The number of amides is 4. The first-order valence-electron chi connectivity index (χ1n) is 18.9. The van der Waals surface area contributed by atoms with Crippen LogP contribution in [0.2, 0.25) is 0 Å². The first kappa shape index (κ1) is 43.9. The summed E-state index contributed by atoms with van der Waals surface area (Å²) in [5.74, 6) is -2.75. The fourth-order valence-corrected chi connectivity index (χ4v) is 6.41. The van der Waals surface area contributed by atoms with Crippen molar-refractivity contribution in [2.45, 2.75) is 69.6 Å². The van der Waals surface area contributed by atoms with Crippen molar-refractivity contribution in [2.24, 2.45) is 11.5 Å². The molecule has 4 atom stereocenters. The van der Waals surface area contributed by atoms with Gasteiger partial charge in [0.25, 0.3) is 0 Å². The Balaban J connectivity index is 1.34. The fraction of sp³-hybridized carbons (Fsp3) is 0.349. The van der Waals surface area contributed by atoms with Gasteiger partial charge in [-0.25, -0.2) is 4.39 Å². The number of nitrogens with one attached hydrogen (secondary N) is 2. The number of aliphatic hydroxyl groups is 1. The van der Waals surface area contributed by atoms with Gasteiger partial charge in [0.1, 0.15) is 24.2 Å². The number of unbranched alkanes of at least 4 members (excludes halogenated alkanes) is 1. The van der Waals surface area contributed by atoms with Crippen molar-refractivity contribution in [3.8, 4) is 0 Å². The van der Waals surface area contributed by atoms with Crippen LogP contribution >= 0.6 is 0 Å². The number of halogens is 1. The van der Waals surface area contributed by atoms with Gasteiger partial charge < -0.3 is 41.8 Å². The standard InChI is InChI=1S/C43H51FN6O7/c1-28(49(2)40(54)22-15-29-13-18-33(44)19-14-29)43(57)50(34-20-16-31(17-21-34)39(53)25-45)35(26-51)11-5-6-23-47-42(56)38(27-52)48-41(55)37(46)24-32-10-7-9-30-8-3-4-12-36(30)32/h3-4,7-10,12-14,16-21,26,28,35,37-38,52H,5-6,11,15,22-25,27,45-46H2,1-2H3,(H,47,56)(H,48,55)/t28-,35+,37-,38-/m0/s1. The molecule has 0 aliphatic heterocycles. The quantitative estimate of drug-likeness (QED) is 0.0478. The van der Waals surface area contributed by atoms with Crippen LogP contribution in [0.15, 0.2) is 91.0 Å². The molecule has 57 heavy (non-hydrogen) atoms. The minimum Gasteiger partial charge on any atom is -0.394 e. The normalized spacial score (nSPS) is 13.2. The van der Waals surface area contributed by atoms with E-state index in [0.29, 0.717) is 36.8 Å². The Labute approximate surface area is 331 Å². The predicted molar refractivity (Wildman–Crippen MR) is 216 cm³/mol. The number of carbonyl (C=O) groups is 6. The van der Waals surface area contributed by atoms with Gasteiger partial charge in [-0.1, -0.05) is 54.6 Å². The Morgan fingerprint density at radius 2 is 1.58 bits per heavy atom. The number of likely N-dealkylation sites (N-methyl/N-ethyl adjacent to an activating group) is 1. The van der Waals surface area contributed by atoms with Gasteiger partial charge in [0.05, 0.1) is 25.2 Å². The number of carbonyl (C=O) groups excluding carboxylic acids is 6. The highest BCUT2D eigenvalue weighted by atomic mass is 19.1. The van der Waals surface area contributed by atoms with E-state index in [1.807, 2.05) is 42.5 Å². The number of hydrogen-bond acceptors (Lipinski definition) is 9. The van der Waals surface area contributed by atoms with E-state index >= 15 is 0 Å². The van der Waals surface area contributed by atoms with Crippen LogP contribution in [-0.2, 0) is 36.8 Å². The molecule has 0 aromatic heterocycles. The molecule has 0 heterocycles. The maximum absolute atomic E-state index is 14.1. The number of Topliss-reactive ketones (excluding diaryl/α,β-unsaturated/α-hetero) is 1. The number of fused-ring (bicyclic) bond motifs is 1. The molecule has 0 bridgehead atoms. The lowest BCUT2D eigenvalue weighted by molar-refractivity contribution is -0.137. The minimum atomic E-state index is -1.24. The van der Waals surface area contributed by atoms with Crippen molar-refractivity contribution in [1.29, 1.82) is 0 Å². The summed E-state index contributed by atoms with van der Waals surface area (Å²) in [6.45, 7) is 0.841. The molecule has 13 nitrogen and oxygen atoms in total. The Bertz CT molecular complexity index is 2000. The van der Waals surface area contributed by atoms with Crippen LogP contribution < -0.4 is 27.0 Å². The van der Waals surface area contributed by atoms with E-state index in [2.05, 4.69) is 10.6 Å². The third-order valence-electron chi connectivity index (χ3n) is 9.95. The summed E-state index contributed by atoms with van der Waals surface area (Å²) in [4.78, 5) is 80.4. The highest BCUT2D eigenvalue weighted by Gasteiger charge is 2.32. The van der Waals surface area contributed by atoms with Crippen LogP contribution in [0.1, 0.15) is 54.1 Å². The number of benzene rings is 4. The van der Waals surface area contributed by atoms with Crippen LogP contribution in [0.3, 0.4) is 0 Å². The third-order valence-corrected chi connectivity index (χ3v) is 9.95. The summed E-state index contributed by atoms with van der Waals surface area (Å²) in [6.07, 6.45) is 2.21. The van der Waals surface area contributed by atoms with Gasteiger partial charge >= 0.3 is 0 Å². The monoisotopic (exact) mass is 782 g/mol. The maximum atomic E-state index is 14.1. The molecule has 0 fully saturated rings. The Morgan fingerprint density at radius 3 is 2.25 bits per heavy atom. The van der Waals surface area contributed by atoms with Crippen molar-refractivity contribution in [2.75, 3.05) is 31.6 Å². The van der Waals surface area contributed by atoms with Gasteiger partial charge in [-0.2, -0.15) is 0 Å². The lowest BCUT2D eigenvalue weighted by Crippen LogP contribution is -2.53. The number of aryl methyl sites for hydroxylation is 1. The van der Waals surface area contributed by atoms with Crippen LogP contribution in [0.4, 0.5) is 10.1 Å². The summed E-state index contributed by atoms with van der Waals surface area (Å²) in [5, 5.41) is 17.1. The molecule has 14 heteroatoms. The number of aliphatic hydroxyl groups excluding tert-OH is 1. The van der Waals surface area contributed by atoms with Gasteiger partial charge in [0.15, 0.2) is 5.78 Å². The molecular formula is C43H51FN6O7. The zero-order chi connectivity index (χ0) is 41.5. The SMILES string of the molecule is C[C@@H](C(=O)N(c1ccc(C(=O)CN)cc1)[C@@H](C=O)CCCCNC(=O)[C@H](CO)NC(=O)[C@@H](N)Cc1cccc2ccccc12)N(C)C(=O)CCc1ccc(F)cc1. The Hall–Kier alpha value is -5.83. The first-order valence-corrected chi connectivity index (χ1v) is 18.9. The molecule has 4 aromatic rings. The molecule has 7 N–H and O–H groups in total. The predicted octanol–water partition coefficient (Wildman–Crippen LogP) is 2.83. The van der Waals surface area contributed by atoms with Crippen LogP contribution in [0.5, 0.6) is 0 Å². The van der Waals surface area contributed by atoms with E-state index < -0.39 is 48.5 Å². The first-order chi connectivity index (χ1) is 27.4. The maximum Gasteiger partial charge on any atom is 0.250 e. The molecule has 0 saturated heterocycles. The number of aldehydes is 1. The van der Waals surface area contributed by atoms with Crippen LogP contribution in [0, 0.1) is 5.82 Å². The molecule has 0 radical (unpaired) electrons. The molecular weight excluding hydrogens is 732 g/mol. The van der Waals surface area contributed by atoms with Gasteiger partial charge in [-0.05, 0) is 97.3 Å². The lowest BCUT2D eigenvalue weighted by Gasteiger charge is -2.34. The van der Waals surface area contributed by atoms with Crippen molar-refractivity contribution in [3.05, 3.63) is 114 Å². The fourth-order valence-electron chi connectivity index (χ4n) is 6.41. The zero-order valence-corrected chi connectivity index (χ0v) is 32.2. The molecule has 0 spiro atoms. The molecule has 0 aliphatic rings. The van der Waals surface area contributed by atoms with Crippen LogP contribution in [-0.4, -0.2) is 96.6 Å². The Kier molecular flexibility index (Phi) is 16.5. The molecule has 4 amide bonds. The molecule has 0 saturated carbocycles. The summed E-state index contributed by atoms with van der Waals surface area (Å²) in [5.41, 5.74) is 14.0. The van der Waals surface area contributed by atoms with Gasteiger partial charge in [-0.3, -0.25) is 24.0 Å². The highest BCUT2D eigenvalue weighted by Crippen LogP contribution is 2.24. The van der Waals surface area contributed by atoms with E-state index in [4.69, 9.17) is 11.5 Å². The van der Waals surface area contributed by atoms with E-state index in [1.165, 1.54) is 53.2 Å². The molecule has 4 rings (SSSR count). The third kappa shape index (κ3) is 12.1. The second kappa shape index (κ2) is 21.5. The van der Waals surface area contributed by atoms with Crippen molar-refractivity contribution < 1.29 is 38.3 Å².